The maximum atomic E-state index is 11.5. The summed E-state index contributed by atoms with van der Waals surface area (Å²) >= 11 is 0. The molecule has 5 heteroatoms. The van der Waals surface area contributed by atoms with Crippen molar-refractivity contribution >= 4 is 5.91 Å². The fourth-order valence-electron chi connectivity index (χ4n) is 2.10. The Labute approximate surface area is 133 Å². The van der Waals surface area contributed by atoms with Crippen molar-refractivity contribution in [3.63, 3.8) is 0 Å². The van der Waals surface area contributed by atoms with Gasteiger partial charge < -0.3 is 20.7 Å². The molecule has 0 aliphatic rings. The second-order valence-corrected chi connectivity index (χ2v) is 5.48. The Bertz CT molecular complexity index is 428. The molecule has 0 saturated carbocycles. The van der Waals surface area contributed by atoms with Crippen molar-refractivity contribution in [2.75, 3.05) is 26.2 Å². The second-order valence-electron chi connectivity index (χ2n) is 5.48. The number of hydrogen-bond donors (Lipinski definition) is 2. The smallest absolute Gasteiger partial charge is 0.221 e. The molecular formula is C17H29N3O2. The van der Waals surface area contributed by atoms with Gasteiger partial charge in [-0.1, -0.05) is 26.0 Å². The Morgan fingerprint density at radius 2 is 1.91 bits per heavy atom. The first-order valence-corrected chi connectivity index (χ1v) is 8.01. The highest BCUT2D eigenvalue weighted by molar-refractivity contribution is 5.76. The Morgan fingerprint density at radius 1 is 1.27 bits per heavy atom. The van der Waals surface area contributed by atoms with Crippen LogP contribution in [0.25, 0.3) is 0 Å². The van der Waals surface area contributed by atoms with Crippen molar-refractivity contribution in [1.82, 2.24) is 10.2 Å². The highest BCUT2D eigenvalue weighted by Crippen LogP contribution is 2.12. The third-order valence-electron chi connectivity index (χ3n) is 3.49. The minimum atomic E-state index is -0.110. The molecule has 0 radical (unpaired) electrons. The van der Waals surface area contributed by atoms with Crippen molar-refractivity contribution in [1.29, 1.82) is 0 Å². The van der Waals surface area contributed by atoms with Gasteiger partial charge in [-0.2, -0.15) is 0 Å². The molecule has 0 aromatic heterocycles. The third-order valence-corrected chi connectivity index (χ3v) is 3.49. The van der Waals surface area contributed by atoms with Crippen LogP contribution >= 0.6 is 0 Å². The monoisotopic (exact) mass is 307 g/mol. The number of nitrogens with one attached hydrogen (secondary N) is 1. The van der Waals surface area contributed by atoms with Gasteiger partial charge in [-0.25, -0.2) is 0 Å². The number of hydrogen-bond acceptors (Lipinski definition) is 4. The molecule has 22 heavy (non-hydrogen) atoms. The fraction of sp³-hybridized carbons (Fsp3) is 0.588. The van der Waals surface area contributed by atoms with Crippen LogP contribution in [0.1, 0.15) is 32.8 Å². The molecular weight excluding hydrogens is 278 g/mol. The zero-order valence-corrected chi connectivity index (χ0v) is 14.0. The van der Waals surface area contributed by atoms with Gasteiger partial charge in [0.25, 0.3) is 0 Å². The molecule has 1 amide bonds. The van der Waals surface area contributed by atoms with Crippen molar-refractivity contribution in [2.45, 2.75) is 39.8 Å². The molecule has 0 spiro atoms. The summed E-state index contributed by atoms with van der Waals surface area (Å²) in [6.45, 7) is 10.3. The van der Waals surface area contributed by atoms with E-state index in [1.165, 1.54) is 0 Å². The van der Waals surface area contributed by atoms with Gasteiger partial charge in [0.1, 0.15) is 12.4 Å². The molecule has 0 heterocycles. The van der Waals surface area contributed by atoms with Crippen LogP contribution in [0.5, 0.6) is 5.75 Å². The van der Waals surface area contributed by atoms with Gasteiger partial charge >= 0.3 is 0 Å². The van der Waals surface area contributed by atoms with Crippen molar-refractivity contribution < 1.29 is 9.53 Å². The first-order chi connectivity index (χ1) is 10.5. The zero-order chi connectivity index (χ0) is 16.4. The Hall–Kier alpha value is -1.59. The molecule has 0 bridgehead atoms. The lowest BCUT2D eigenvalue weighted by molar-refractivity contribution is -0.121. The van der Waals surface area contributed by atoms with Gasteiger partial charge in [-0.05, 0) is 37.7 Å². The molecule has 0 aliphatic heterocycles. The molecule has 1 aromatic rings. The summed E-state index contributed by atoms with van der Waals surface area (Å²) in [6.07, 6.45) is 0.354. The van der Waals surface area contributed by atoms with Gasteiger partial charge in [0.05, 0.1) is 0 Å². The molecule has 1 atom stereocenters. The standard InChI is InChI=1S/C17H29N3O2/c1-4-20(5-2)10-11-22-16-8-6-15(7-9-16)13-19-17(21)12-14(3)18/h6-9,14H,4-5,10-13,18H2,1-3H3,(H,19,21). The number of carbonyl (C=O) groups is 1. The SMILES string of the molecule is CCN(CC)CCOc1ccc(CNC(=O)CC(C)N)cc1. The first-order valence-electron chi connectivity index (χ1n) is 8.01. The van der Waals surface area contributed by atoms with E-state index in [2.05, 4.69) is 24.1 Å². The summed E-state index contributed by atoms with van der Waals surface area (Å²) < 4.78 is 5.73. The van der Waals surface area contributed by atoms with E-state index < -0.39 is 0 Å². The summed E-state index contributed by atoms with van der Waals surface area (Å²) in [7, 11) is 0. The van der Waals surface area contributed by atoms with E-state index >= 15 is 0 Å². The molecule has 0 saturated heterocycles. The van der Waals surface area contributed by atoms with Crippen molar-refractivity contribution in [3.05, 3.63) is 29.8 Å². The Kier molecular flexibility index (Phi) is 8.55. The lowest BCUT2D eigenvalue weighted by atomic mass is 10.2. The summed E-state index contributed by atoms with van der Waals surface area (Å²) in [5.74, 6) is 0.840. The van der Waals surface area contributed by atoms with Crippen LogP contribution in [0.3, 0.4) is 0 Å². The van der Waals surface area contributed by atoms with Gasteiger partial charge in [-0.3, -0.25) is 4.79 Å². The zero-order valence-electron chi connectivity index (χ0n) is 14.0. The summed E-state index contributed by atoms with van der Waals surface area (Å²) in [4.78, 5) is 13.9. The Morgan fingerprint density at radius 3 is 2.45 bits per heavy atom. The van der Waals surface area contributed by atoms with E-state index in [9.17, 15) is 4.79 Å². The van der Waals surface area contributed by atoms with Crippen LogP contribution in [0.4, 0.5) is 0 Å². The minimum absolute atomic E-state index is 0.0189. The molecule has 5 nitrogen and oxygen atoms in total. The van der Waals surface area contributed by atoms with Crippen molar-refractivity contribution in [2.24, 2.45) is 5.73 Å². The maximum Gasteiger partial charge on any atom is 0.221 e. The predicted octanol–water partition coefficient (Wildman–Crippen LogP) is 1.76. The maximum absolute atomic E-state index is 11.5. The quantitative estimate of drug-likeness (QED) is 0.691. The molecule has 124 valence electrons. The van der Waals surface area contributed by atoms with Gasteiger partial charge in [0, 0.05) is 25.6 Å². The van der Waals surface area contributed by atoms with Gasteiger partial charge in [0.15, 0.2) is 0 Å². The summed E-state index contributed by atoms with van der Waals surface area (Å²) in [6, 6.07) is 7.71. The van der Waals surface area contributed by atoms with Gasteiger partial charge in [0.2, 0.25) is 5.91 Å². The predicted molar refractivity (Wildman–Crippen MR) is 89.8 cm³/mol. The lowest BCUT2D eigenvalue weighted by Crippen LogP contribution is -2.29. The average Bonchev–Trinajstić information content (AvgIpc) is 2.50. The van der Waals surface area contributed by atoms with Crippen LogP contribution in [0.15, 0.2) is 24.3 Å². The highest BCUT2D eigenvalue weighted by Gasteiger charge is 2.05. The Balaban J connectivity index is 2.32. The van der Waals surface area contributed by atoms with E-state index in [1.54, 1.807) is 0 Å². The molecule has 3 N–H and O–H groups in total. The molecule has 0 fully saturated rings. The van der Waals surface area contributed by atoms with Crippen molar-refractivity contribution in [3.8, 4) is 5.75 Å². The topological polar surface area (TPSA) is 67.6 Å². The number of benzene rings is 1. The lowest BCUT2D eigenvalue weighted by Gasteiger charge is -2.18. The first kappa shape index (κ1) is 18.5. The van der Waals surface area contributed by atoms with E-state index in [1.807, 2.05) is 31.2 Å². The number of nitrogens with zero attached hydrogens (tertiary/aromatic N) is 1. The van der Waals surface area contributed by atoms with Crippen LogP contribution in [0.2, 0.25) is 0 Å². The number of likely N-dealkylation sites (N-methyl/N-ethyl adjacent to an activating group) is 1. The summed E-state index contributed by atoms with van der Waals surface area (Å²) in [5, 5.41) is 2.86. The van der Waals surface area contributed by atoms with Gasteiger partial charge in [-0.15, -0.1) is 0 Å². The van der Waals surface area contributed by atoms with E-state index in [4.69, 9.17) is 10.5 Å². The average molecular weight is 307 g/mol. The fourth-order valence-corrected chi connectivity index (χ4v) is 2.10. The minimum Gasteiger partial charge on any atom is -0.492 e. The largest absolute Gasteiger partial charge is 0.492 e. The van der Waals surface area contributed by atoms with Crippen LogP contribution in [0, 0.1) is 0 Å². The summed E-state index contributed by atoms with van der Waals surface area (Å²) in [5.41, 5.74) is 6.64. The number of carbonyl (C=O) groups excluding carboxylic acids is 1. The number of amides is 1. The van der Waals surface area contributed by atoms with E-state index in [0.29, 0.717) is 19.6 Å². The molecule has 1 aromatic carbocycles. The molecule has 1 unspecified atom stereocenters. The van der Waals surface area contributed by atoms with E-state index in [0.717, 1.165) is 30.9 Å². The molecule has 1 rings (SSSR count). The molecule has 0 aliphatic carbocycles. The van der Waals surface area contributed by atoms with Crippen LogP contribution < -0.4 is 15.8 Å². The van der Waals surface area contributed by atoms with Crippen LogP contribution in [-0.4, -0.2) is 43.1 Å². The number of rotatable bonds is 10. The second kappa shape index (κ2) is 10.2. The normalized spacial score (nSPS) is 12.2. The highest BCUT2D eigenvalue weighted by atomic mass is 16.5. The number of nitrogens with two attached hydrogens (primary N) is 1. The number of ether oxygens (including phenoxy) is 1. The van der Waals surface area contributed by atoms with Crippen LogP contribution in [-0.2, 0) is 11.3 Å². The van der Waals surface area contributed by atoms with E-state index in [-0.39, 0.29) is 11.9 Å². The third kappa shape index (κ3) is 7.43.